The van der Waals surface area contributed by atoms with E-state index in [0.717, 1.165) is 16.7 Å². The van der Waals surface area contributed by atoms with Crippen LogP contribution in [0.1, 0.15) is 5.69 Å². The lowest BCUT2D eigenvalue weighted by Gasteiger charge is -2.08. The van der Waals surface area contributed by atoms with Gasteiger partial charge in [0.25, 0.3) is 0 Å². The van der Waals surface area contributed by atoms with Crippen LogP contribution in [0.5, 0.6) is 5.88 Å². The molecule has 21 heavy (non-hydrogen) atoms. The average Bonchev–Trinajstić information content (AvgIpc) is 3.09. The Hall–Kier alpha value is -2.00. The van der Waals surface area contributed by atoms with Crippen molar-refractivity contribution in [1.82, 2.24) is 15.0 Å². The molecule has 0 saturated heterocycles. The monoisotopic (exact) mass is 328 g/mol. The highest BCUT2D eigenvalue weighted by atomic mass is 32.1. The van der Waals surface area contributed by atoms with Gasteiger partial charge in [-0.05, 0) is 23.4 Å². The summed E-state index contributed by atoms with van der Waals surface area (Å²) < 4.78 is 37.6. The summed E-state index contributed by atoms with van der Waals surface area (Å²) in [6, 6.07) is 3.00. The second kappa shape index (κ2) is 5.08. The molecule has 0 unspecified atom stereocenters. The first-order valence-electron chi connectivity index (χ1n) is 5.55. The summed E-state index contributed by atoms with van der Waals surface area (Å²) in [6.45, 7) is 0. The Labute approximate surface area is 124 Å². The molecule has 0 saturated carbocycles. The highest BCUT2D eigenvalue weighted by Gasteiger charge is 2.34. The fourth-order valence-electron chi connectivity index (χ4n) is 1.59. The van der Waals surface area contributed by atoms with Crippen molar-refractivity contribution in [1.29, 1.82) is 0 Å². The molecule has 108 valence electrons. The van der Waals surface area contributed by atoms with Crippen LogP contribution in [0.4, 0.5) is 13.2 Å². The van der Waals surface area contributed by atoms with Crippen LogP contribution in [-0.4, -0.2) is 15.0 Å². The van der Waals surface area contributed by atoms with Crippen LogP contribution in [0.25, 0.3) is 22.1 Å². The quantitative estimate of drug-likeness (QED) is 0.723. The van der Waals surface area contributed by atoms with E-state index in [0.29, 0.717) is 11.3 Å². The third-order valence-electron chi connectivity index (χ3n) is 2.51. The lowest BCUT2D eigenvalue weighted by Crippen LogP contribution is -2.05. The van der Waals surface area contributed by atoms with Gasteiger partial charge in [0.05, 0.1) is 5.69 Å². The van der Waals surface area contributed by atoms with Gasteiger partial charge >= 0.3 is 6.18 Å². The third kappa shape index (κ3) is 2.88. The molecule has 0 radical (unpaired) electrons. The van der Waals surface area contributed by atoms with Crippen LogP contribution < -0.4 is 5.11 Å². The molecule has 3 heterocycles. The van der Waals surface area contributed by atoms with Crippen LogP contribution in [0.2, 0.25) is 0 Å². The van der Waals surface area contributed by atoms with Crippen molar-refractivity contribution < 1.29 is 18.3 Å². The van der Waals surface area contributed by atoms with E-state index < -0.39 is 17.8 Å². The zero-order chi connectivity index (χ0) is 15.0. The van der Waals surface area contributed by atoms with Gasteiger partial charge in [-0.3, -0.25) is 0 Å². The largest absolute Gasteiger partial charge is 0.858 e. The molecule has 0 fully saturated rings. The Bertz CT molecular complexity index is 768. The molecule has 3 rings (SSSR count). The molecule has 0 N–H and O–H groups in total. The van der Waals surface area contributed by atoms with Gasteiger partial charge < -0.3 is 5.11 Å². The summed E-state index contributed by atoms with van der Waals surface area (Å²) in [5, 5.41) is 16.0. The molecule has 3 aromatic rings. The van der Waals surface area contributed by atoms with Gasteiger partial charge in [0.15, 0.2) is 16.5 Å². The van der Waals surface area contributed by atoms with Gasteiger partial charge in [0.1, 0.15) is 0 Å². The highest BCUT2D eigenvalue weighted by molar-refractivity contribution is 7.13. The Morgan fingerprint density at radius 1 is 1.10 bits per heavy atom. The normalized spacial score (nSPS) is 11.8. The van der Waals surface area contributed by atoms with E-state index in [1.165, 1.54) is 17.4 Å². The van der Waals surface area contributed by atoms with Crippen LogP contribution >= 0.6 is 22.7 Å². The van der Waals surface area contributed by atoms with E-state index in [2.05, 4.69) is 15.0 Å². The number of aromatic nitrogens is 3. The van der Waals surface area contributed by atoms with Crippen LogP contribution in [-0.2, 0) is 6.18 Å². The zero-order valence-electron chi connectivity index (χ0n) is 10.1. The zero-order valence-corrected chi connectivity index (χ0v) is 11.7. The van der Waals surface area contributed by atoms with Crippen LogP contribution in [0.3, 0.4) is 0 Å². The molecule has 0 aliphatic carbocycles. The van der Waals surface area contributed by atoms with E-state index >= 15 is 0 Å². The molecule has 0 aliphatic heterocycles. The minimum Gasteiger partial charge on any atom is -0.858 e. The van der Waals surface area contributed by atoms with Crippen LogP contribution in [0.15, 0.2) is 28.3 Å². The Morgan fingerprint density at radius 3 is 2.52 bits per heavy atom. The number of nitrogens with zero attached hydrogens (tertiary/aromatic N) is 3. The molecule has 3 aromatic heterocycles. The van der Waals surface area contributed by atoms with E-state index in [1.54, 1.807) is 11.4 Å². The number of hydrogen-bond acceptors (Lipinski definition) is 6. The maximum absolute atomic E-state index is 12.5. The second-order valence-electron chi connectivity index (χ2n) is 3.96. The van der Waals surface area contributed by atoms with E-state index in [-0.39, 0.29) is 10.8 Å². The number of rotatable bonds is 2. The molecule has 4 nitrogen and oxygen atoms in total. The van der Waals surface area contributed by atoms with E-state index in [1.807, 2.05) is 5.38 Å². The third-order valence-corrected chi connectivity index (χ3v) is 4.03. The number of halogens is 3. The summed E-state index contributed by atoms with van der Waals surface area (Å²) in [7, 11) is 0. The minimum atomic E-state index is -4.53. The summed E-state index contributed by atoms with van der Waals surface area (Å²) in [5.74, 6) is -0.658. The molecule has 0 aromatic carbocycles. The molecule has 9 heteroatoms. The average molecular weight is 328 g/mol. The molecule has 0 aliphatic rings. The number of alkyl halides is 3. The summed E-state index contributed by atoms with van der Waals surface area (Å²) >= 11 is 2.18. The van der Waals surface area contributed by atoms with Gasteiger partial charge in [0, 0.05) is 16.3 Å². The van der Waals surface area contributed by atoms with Crippen molar-refractivity contribution in [2.75, 3.05) is 0 Å². The lowest BCUT2D eigenvalue weighted by atomic mass is 10.2. The van der Waals surface area contributed by atoms with Crippen LogP contribution in [0, 0.1) is 0 Å². The first-order valence-corrected chi connectivity index (χ1v) is 7.37. The van der Waals surface area contributed by atoms with Crippen molar-refractivity contribution in [3.8, 4) is 28.0 Å². The smallest absolute Gasteiger partial charge is 0.434 e. The molecule has 0 bridgehead atoms. The molecular weight excluding hydrogens is 323 g/mol. The standard InChI is InChI=1S/C12H6F3N3OS2/c13-12(14,15)8-5-21-11(17-8)10-16-7(3-9(19)18-10)6-1-2-20-4-6/h1-5H,(H,16,18,19)/p-1. The second-order valence-corrected chi connectivity index (χ2v) is 5.60. The maximum Gasteiger partial charge on any atom is 0.434 e. The predicted molar refractivity (Wildman–Crippen MR) is 70.9 cm³/mol. The van der Waals surface area contributed by atoms with Crippen molar-refractivity contribution >= 4 is 22.7 Å². The van der Waals surface area contributed by atoms with Gasteiger partial charge in [-0.1, -0.05) is 0 Å². The first-order chi connectivity index (χ1) is 9.93. The topological polar surface area (TPSA) is 61.7 Å². The summed E-state index contributed by atoms with van der Waals surface area (Å²) in [6.07, 6.45) is -4.53. The lowest BCUT2D eigenvalue weighted by molar-refractivity contribution is -0.274. The fourth-order valence-corrected chi connectivity index (χ4v) is 2.99. The molecular formula is C12H5F3N3OS2-. The molecule has 0 atom stereocenters. The maximum atomic E-state index is 12.5. The minimum absolute atomic E-state index is 0.0310. The summed E-state index contributed by atoms with van der Waals surface area (Å²) in [5.41, 5.74) is 0.0721. The Kier molecular flexibility index (Phi) is 3.38. The predicted octanol–water partition coefficient (Wildman–Crippen LogP) is 3.42. The van der Waals surface area contributed by atoms with Crippen molar-refractivity contribution in [3.63, 3.8) is 0 Å². The number of thiazole rings is 1. The molecule has 0 spiro atoms. The van der Waals surface area contributed by atoms with Gasteiger partial charge in [-0.25, -0.2) is 15.0 Å². The van der Waals surface area contributed by atoms with Gasteiger partial charge in [-0.15, -0.1) is 11.3 Å². The number of thiophene rings is 1. The van der Waals surface area contributed by atoms with E-state index in [4.69, 9.17) is 0 Å². The SMILES string of the molecule is [O-]c1cc(-c2ccsc2)nc(-c2nc(C(F)(F)F)cs2)n1. The van der Waals surface area contributed by atoms with Gasteiger partial charge in [0.2, 0.25) is 0 Å². The first kappa shape index (κ1) is 14.0. The van der Waals surface area contributed by atoms with Crippen molar-refractivity contribution in [2.45, 2.75) is 6.18 Å². The summed E-state index contributed by atoms with van der Waals surface area (Å²) in [4.78, 5) is 11.2. The molecule has 0 amide bonds. The Balaban J connectivity index is 2.05. The highest BCUT2D eigenvalue weighted by Crippen LogP contribution is 2.33. The van der Waals surface area contributed by atoms with Gasteiger partial charge in [-0.2, -0.15) is 24.5 Å². The van der Waals surface area contributed by atoms with E-state index in [9.17, 15) is 18.3 Å². The fraction of sp³-hybridized carbons (Fsp3) is 0.0833. The Morgan fingerprint density at radius 2 is 1.90 bits per heavy atom. The van der Waals surface area contributed by atoms with Crippen molar-refractivity contribution in [3.05, 3.63) is 34.0 Å². The van der Waals surface area contributed by atoms with Crippen molar-refractivity contribution in [2.24, 2.45) is 0 Å². The number of hydrogen-bond donors (Lipinski definition) is 0.